The Labute approximate surface area is 121 Å². The van der Waals surface area contributed by atoms with Gasteiger partial charge >= 0.3 is 5.97 Å². The van der Waals surface area contributed by atoms with Crippen molar-refractivity contribution in [2.75, 3.05) is 5.32 Å². The Bertz CT molecular complexity index is 676. The minimum atomic E-state index is -1.20. The third-order valence-corrected chi connectivity index (χ3v) is 2.78. The molecule has 2 aromatic rings. The number of hydrogen-bond acceptors (Lipinski definition) is 3. The van der Waals surface area contributed by atoms with Crippen LogP contribution in [0.3, 0.4) is 0 Å². The molecule has 0 spiro atoms. The maximum atomic E-state index is 11.1. The maximum Gasteiger partial charge on any atom is 0.336 e. The first-order valence-electron chi connectivity index (χ1n) is 6.23. The van der Waals surface area contributed by atoms with Gasteiger partial charge in [-0.25, -0.2) is 4.79 Å². The molecular weight excluding hydrogens is 268 g/mol. The predicted octanol–water partition coefficient (Wildman–Crippen LogP) is 2.38. The third kappa shape index (κ3) is 3.94. The number of amides is 1. The van der Waals surface area contributed by atoms with Gasteiger partial charge in [-0.1, -0.05) is 30.3 Å². The van der Waals surface area contributed by atoms with E-state index in [0.717, 1.165) is 17.5 Å². The Hall–Kier alpha value is -3.08. The van der Waals surface area contributed by atoms with Gasteiger partial charge < -0.3 is 16.2 Å². The van der Waals surface area contributed by atoms with Crippen molar-refractivity contribution in [2.24, 2.45) is 5.73 Å². The summed E-state index contributed by atoms with van der Waals surface area (Å²) in [6.45, 7) is 0. The van der Waals surface area contributed by atoms with Crippen molar-refractivity contribution in [3.63, 3.8) is 0 Å². The molecule has 0 fully saturated rings. The molecule has 1 amide bonds. The number of hydrogen-bond donors (Lipinski definition) is 3. The largest absolute Gasteiger partial charge is 0.478 e. The molecule has 5 nitrogen and oxygen atoms in total. The molecule has 0 saturated carbocycles. The number of carboxylic acids is 1. The van der Waals surface area contributed by atoms with Gasteiger partial charge in [0.15, 0.2) is 0 Å². The number of primary amides is 1. The zero-order chi connectivity index (χ0) is 15.2. The summed E-state index contributed by atoms with van der Waals surface area (Å²) >= 11 is 0. The molecule has 0 unspecified atom stereocenters. The number of nitrogens with two attached hydrogens (primary N) is 1. The molecule has 106 valence electrons. The summed E-state index contributed by atoms with van der Waals surface area (Å²) in [7, 11) is 0. The molecule has 0 atom stereocenters. The van der Waals surface area contributed by atoms with Crippen LogP contribution < -0.4 is 11.1 Å². The van der Waals surface area contributed by atoms with Crippen molar-refractivity contribution in [3.8, 4) is 0 Å². The average molecular weight is 282 g/mol. The fraction of sp³-hybridized carbons (Fsp3) is 0. The SMILES string of the molecule is NC(=O)/C=C(\C(=O)O)c1ccc(Nc2ccccc2)cc1. The lowest BCUT2D eigenvalue weighted by Crippen LogP contribution is -2.10. The highest BCUT2D eigenvalue weighted by Gasteiger charge is 2.11. The van der Waals surface area contributed by atoms with Crippen molar-refractivity contribution >= 4 is 28.8 Å². The summed E-state index contributed by atoms with van der Waals surface area (Å²) in [5, 5.41) is 12.3. The van der Waals surface area contributed by atoms with Crippen molar-refractivity contribution < 1.29 is 14.7 Å². The van der Waals surface area contributed by atoms with Crippen LogP contribution >= 0.6 is 0 Å². The Balaban J connectivity index is 2.22. The number of anilines is 2. The Morgan fingerprint density at radius 3 is 2.05 bits per heavy atom. The van der Waals surface area contributed by atoms with Crippen molar-refractivity contribution in [1.82, 2.24) is 0 Å². The Morgan fingerprint density at radius 1 is 0.952 bits per heavy atom. The molecular formula is C16H14N2O3. The smallest absolute Gasteiger partial charge is 0.336 e. The van der Waals surface area contributed by atoms with Gasteiger partial charge in [-0.3, -0.25) is 4.79 Å². The number of carbonyl (C=O) groups excluding carboxylic acids is 1. The van der Waals surface area contributed by atoms with E-state index in [2.05, 4.69) is 5.32 Å². The predicted molar refractivity (Wildman–Crippen MR) is 81.0 cm³/mol. The molecule has 0 radical (unpaired) electrons. The highest BCUT2D eigenvalue weighted by atomic mass is 16.4. The summed E-state index contributed by atoms with van der Waals surface area (Å²) in [5.41, 5.74) is 7.04. The van der Waals surface area contributed by atoms with Crippen molar-refractivity contribution in [1.29, 1.82) is 0 Å². The average Bonchev–Trinajstić information content (AvgIpc) is 2.46. The normalized spacial score (nSPS) is 11.0. The summed E-state index contributed by atoms with van der Waals surface area (Å²) in [6, 6.07) is 16.3. The molecule has 4 N–H and O–H groups in total. The quantitative estimate of drug-likeness (QED) is 0.734. The highest BCUT2D eigenvalue weighted by Crippen LogP contribution is 2.20. The molecule has 5 heteroatoms. The summed E-state index contributed by atoms with van der Waals surface area (Å²) in [6.07, 6.45) is 0.905. The van der Waals surface area contributed by atoms with Crippen molar-refractivity contribution in [2.45, 2.75) is 0 Å². The second-order valence-electron chi connectivity index (χ2n) is 4.33. The second-order valence-corrected chi connectivity index (χ2v) is 4.33. The van der Waals surface area contributed by atoms with Crippen LogP contribution in [0.25, 0.3) is 5.57 Å². The van der Waals surface area contributed by atoms with Crippen LogP contribution in [0.15, 0.2) is 60.7 Å². The van der Waals surface area contributed by atoms with Crippen LogP contribution in [0.2, 0.25) is 0 Å². The number of carbonyl (C=O) groups is 2. The monoisotopic (exact) mass is 282 g/mol. The second kappa shape index (κ2) is 6.38. The highest BCUT2D eigenvalue weighted by molar-refractivity contribution is 6.20. The van der Waals surface area contributed by atoms with Crippen LogP contribution in [0.4, 0.5) is 11.4 Å². The fourth-order valence-electron chi connectivity index (χ4n) is 1.83. The van der Waals surface area contributed by atoms with E-state index >= 15 is 0 Å². The molecule has 2 rings (SSSR count). The van der Waals surface area contributed by atoms with Crippen molar-refractivity contribution in [3.05, 3.63) is 66.2 Å². The minimum Gasteiger partial charge on any atom is -0.478 e. The zero-order valence-electron chi connectivity index (χ0n) is 11.1. The minimum absolute atomic E-state index is 0.131. The van der Waals surface area contributed by atoms with Gasteiger partial charge in [0.2, 0.25) is 5.91 Å². The Kier molecular flexibility index (Phi) is 4.36. The lowest BCUT2D eigenvalue weighted by molar-refractivity contribution is -0.130. The summed E-state index contributed by atoms with van der Waals surface area (Å²) in [4.78, 5) is 22.0. The number of benzene rings is 2. The maximum absolute atomic E-state index is 11.1. The first kappa shape index (κ1) is 14.3. The van der Waals surface area contributed by atoms with Gasteiger partial charge in [-0.15, -0.1) is 0 Å². The number of carboxylic acid groups (broad SMARTS) is 1. The van der Waals surface area contributed by atoms with Crippen LogP contribution in [0.1, 0.15) is 5.56 Å². The van der Waals surface area contributed by atoms with E-state index in [0.29, 0.717) is 5.56 Å². The lowest BCUT2D eigenvalue weighted by Gasteiger charge is -2.07. The van der Waals surface area contributed by atoms with E-state index in [9.17, 15) is 9.59 Å². The van der Waals surface area contributed by atoms with Crippen LogP contribution in [-0.4, -0.2) is 17.0 Å². The Morgan fingerprint density at radius 2 is 1.52 bits per heavy atom. The molecule has 0 saturated heterocycles. The van der Waals surface area contributed by atoms with E-state index in [4.69, 9.17) is 10.8 Å². The molecule has 0 bridgehead atoms. The first-order chi connectivity index (χ1) is 10.1. The fourth-order valence-corrected chi connectivity index (χ4v) is 1.83. The van der Waals surface area contributed by atoms with E-state index in [-0.39, 0.29) is 5.57 Å². The van der Waals surface area contributed by atoms with E-state index < -0.39 is 11.9 Å². The number of rotatable bonds is 5. The van der Waals surface area contributed by atoms with Gasteiger partial charge in [-0.05, 0) is 29.8 Å². The molecule has 0 heterocycles. The zero-order valence-corrected chi connectivity index (χ0v) is 11.1. The summed E-state index contributed by atoms with van der Waals surface area (Å²) in [5.74, 6) is -1.99. The standard InChI is InChI=1S/C16H14N2O3/c17-15(19)10-14(16(20)21)11-6-8-13(9-7-11)18-12-4-2-1-3-5-12/h1-10,18H,(H2,17,19)(H,20,21)/b14-10-. The van der Waals surface area contributed by atoms with Crippen LogP contribution in [0.5, 0.6) is 0 Å². The van der Waals surface area contributed by atoms with E-state index in [1.54, 1.807) is 24.3 Å². The van der Waals surface area contributed by atoms with E-state index in [1.807, 2.05) is 30.3 Å². The van der Waals surface area contributed by atoms with Crippen LogP contribution in [0, 0.1) is 0 Å². The lowest BCUT2D eigenvalue weighted by atomic mass is 10.1. The first-order valence-corrected chi connectivity index (χ1v) is 6.23. The van der Waals surface area contributed by atoms with Gasteiger partial charge in [0.25, 0.3) is 0 Å². The molecule has 0 aromatic heterocycles. The van der Waals surface area contributed by atoms with Gasteiger partial charge in [0.05, 0.1) is 5.57 Å². The molecule has 0 aliphatic rings. The number of nitrogens with one attached hydrogen (secondary N) is 1. The summed E-state index contributed by atoms with van der Waals surface area (Å²) < 4.78 is 0. The number of para-hydroxylation sites is 1. The third-order valence-electron chi connectivity index (χ3n) is 2.78. The van der Waals surface area contributed by atoms with Gasteiger partial charge in [-0.2, -0.15) is 0 Å². The number of aliphatic carboxylic acids is 1. The van der Waals surface area contributed by atoms with Gasteiger partial charge in [0.1, 0.15) is 0 Å². The topological polar surface area (TPSA) is 92.4 Å². The molecule has 0 aliphatic carbocycles. The molecule has 2 aromatic carbocycles. The van der Waals surface area contributed by atoms with Gasteiger partial charge in [0, 0.05) is 17.5 Å². The van der Waals surface area contributed by atoms with E-state index in [1.165, 1.54) is 0 Å². The molecule has 0 aliphatic heterocycles. The van der Waals surface area contributed by atoms with Crippen LogP contribution in [-0.2, 0) is 9.59 Å². The molecule has 21 heavy (non-hydrogen) atoms.